The maximum Gasteiger partial charge on any atom is 0.208 e. The first-order chi connectivity index (χ1) is 7.00. The van der Waals surface area contributed by atoms with E-state index in [1.54, 1.807) is 0 Å². The van der Waals surface area contributed by atoms with Crippen LogP contribution in [0.25, 0.3) is 0 Å². The van der Waals surface area contributed by atoms with E-state index < -0.39 is 0 Å². The summed E-state index contributed by atoms with van der Waals surface area (Å²) in [5.74, 6) is 2.80. The lowest BCUT2D eigenvalue weighted by molar-refractivity contribution is 0.377. The largest absolute Gasteiger partial charge is 0.444 e. The minimum absolute atomic E-state index is 0.435. The van der Waals surface area contributed by atoms with E-state index in [1.165, 1.54) is 0 Å². The molecule has 0 radical (unpaired) electrons. The lowest BCUT2D eigenvalue weighted by Gasteiger charge is -2.11. The fourth-order valence-corrected chi connectivity index (χ4v) is 1.24. The van der Waals surface area contributed by atoms with E-state index >= 15 is 0 Å². The van der Waals surface area contributed by atoms with Crippen molar-refractivity contribution in [2.45, 2.75) is 53.1 Å². The molecule has 0 saturated carbocycles. The summed E-state index contributed by atoms with van der Waals surface area (Å²) in [6.45, 7) is 11.5. The van der Waals surface area contributed by atoms with E-state index in [4.69, 9.17) is 4.42 Å². The molecule has 1 aromatic rings. The van der Waals surface area contributed by atoms with E-state index in [0.717, 1.165) is 11.7 Å². The van der Waals surface area contributed by atoms with Crippen molar-refractivity contribution in [2.75, 3.05) is 0 Å². The molecule has 0 aliphatic rings. The van der Waals surface area contributed by atoms with Gasteiger partial charge in [-0.05, 0) is 5.92 Å². The molecule has 3 nitrogen and oxygen atoms in total. The molecule has 3 heteroatoms. The molecule has 1 heterocycles. The first-order valence-electron chi connectivity index (χ1n) is 5.68. The van der Waals surface area contributed by atoms with Gasteiger partial charge >= 0.3 is 0 Å². The van der Waals surface area contributed by atoms with Crippen LogP contribution in [0.1, 0.15) is 52.2 Å². The van der Waals surface area contributed by atoms with Crippen molar-refractivity contribution in [3.63, 3.8) is 0 Å². The van der Waals surface area contributed by atoms with Gasteiger partial charge in [0.15, 0.2) is 0 Å². The number of hydrogen-bond donors (Lipinski definition) is 1. The predicted molar refractivity (Wildman–Crippen MR) is 61.7 cm³/mol. The van der Waals surface area contributed by atoms with Crippen LogP contribution in [0, 0.1) is 5.92 Å². The number of rotatable bonds is 5. The normalized spacial score (nSPS) is 13.8. The smallest absolute Gasteiger partial charge is 0.208 e. The molecule has 1 N–H and O–H groups in total. The van der Waals surface area contributed by atoms with E-state index in [0.29, 0.717) is 24.4 Å². The molecule has 0 aliphatic carbocycles. The highest BCUT2D eigenvalue weighted by atomic mass is 16.4. The molecular weight excluding hydrogens is 188 g/mol. The standard InChI is InChI=1S/C12H22N2O/c1-8(2)10(5)11-6-14-12(15-11)7-13-9(3)4/h6,8-10,13H,7H2,1-5H3. The maximum atomic E-state index is 5.68. The van der Waals surface area contributed by atoms with Gasteiger partial charge in [0.25, 0.3) is 0 Å². The fraction of sp³-hybridized carbons (Fsp3) is 0.750. The Bertz CT molecular complexity index is 292. The van der Waals surface area contributed by atoms with Crippen molar-refractivity contribution >= 4 is 0 Å². The zero-order valence-corrected chi connectivity index (χ0v) is 10.4. The molecule has 0 amide bonds. The van der Waals surface area contributed by atoms with Gasteiger partial charge in [-0.15, -0.1) is 0 Å². The van der Waals surface area contributed by atoms with Gasteiger partial charge in [0.1, 0.15) is 5.76 Å². The van der Waals surface area contributed by atoms with Crippen LogP contribution in [0.4, 0.5) is 0 Å². The zero-order valence-electron chi connectivity index (χ0n) is 10.4. The monoisotopic (exact) mass is 210 g/mol. The average molecular weight is 210 g/mol. The SMILES string of the molecule is CC(C)NCc1ncc(C(C)C(C)C)o1. The molecule has 86 valence electrons. The second-order valence-corrected chi connectivity index (χ2v) is 4.72. The Hall–Kier alpha value is -0.830. The lowest BCUT2D eigenvalue weighted by atomic mass is 9.96. The summed E-state index contributed by atoms with van der Waals surface area (Å²) in [7, 11) is 0. The van der Waals surface area contributed by atoms with Gasteiger partial charge in [0, 0.05) is 12.0 Å². The van der Waals surface area contributed by atoms with Gasteiger partial charge < -0.3 is 9.73 Å². The number of oxazole rings is 1. The molecule has 1 rings (SSSR count). The Kier molecular flexibility index (Phi) is 4.33. The topological polar surface area (TPSA) is 38.1 Å². The van der Waals surface area contributed by atoms with E-state index in [-0.39, 0.29) is 0 Å². The Balaban J connectivity index is 2.56. The maximum absolute atomic E-state index is 5.68. The summed E-state index contributed by atoms with van der Waals surface area (Å²) in [6.07, 6.45) is 1.85. The van der Waals surface area contributed by atoms with Crippen molar-refractivity contribution < 1.29 is 4.42 Å². The van der Waals surface area contributed by atoms with Gasteiger partial charge in [0.05, 0.1) is 12.7 Å². The Labute approximate surface area is 92.3 Å². The summed E-state index contributed by atoms with van der Waals surface area (Å²) >= 11 is 0. The van der Waals surface area contributed by atoms with Crippen molar-refractivity contribution in [2.24, 2.45) is 5.92 Å². The Morgan fingerprint density at radius 1 is 1.27 bits per heavy atom. The molecule has 0 aromatic carbocycles. The van der Waals surface area contributed by atoms with Gasteiger partial charge in [-0.3, -0.25) is 0 Å². The molecular formula is C12H22N2O. The quantitative estimate of drug-likeness (QED) is 0.812. The number of hydrogen-bond acceptors (Lipinski definition) is 3. The van der Waals surface area contributed by atoms with Gasteiger partial charge in [0.2, 0.25) is 5.89 Å². The summed E-state index contributed by atoms with van der Waals surface area (Å²) in [5, 5.41) is 3.29. The fourth-order valence-electron chi connectivity index (χ4n) is 1.24. The molecule has 0 saturated heterocycles. The summed E-state index contributed by atoms with van der Waals surface area (Å²) in [6, 6.07) is 0.461. The first-order valence-corrected chi connectivity index (χ1v) is 5.68. The molecule has 0 bridgehead atoms. The van der Waals surface area contributed by atoms with Gasteiger partial charge in [-0.25, -0.2) is 4.98 Å². The first kappa shape index (κ1) is 12.2. The number of nitrogens with one attached hydrogen (secondary N) is 1. The second-order valence-electron chi connectivity index (χ2n) is 4.72. The number of aromatic nitrogens is 1. The average Bonchev–Trinajstić information content (AvgIpc) is 2.61. The Morgan fingerprint density at radius 3 is 2.47 bits per heavy atom. The van der Waals surface area contributed by atoms with Crippen molar-refractivity contribution in [3.05, 3.63) is 17.8 Å². The van der Waals surface area contributed by atoms with Crippen LogP contribution in [0.5, 0.6) is 0 Å². The highest BCUT2D eigenvalue weighted by molar-refractivity contribution is 5.01. The second kappa shape index (κ2) is 5.31. The van der Waals surface area contributed by atoms with Crippen molar-refractivity contribution in [3.8, 4) is 0 Å². The molecule has 1 aromatic heterocycles. The molecule has 1 atom stereocenters. The van der Waals surface area contributed by atoms with Crippen LogP contribution in [0.3, 0.4) is 0 Å². The van der Waals surface area contributed by atoms with Crippen LogP contribution in [0.2, 0.25) is 0 Å². The van der Waals surface area contributed by atoms with E-state index in [1.807, 2.05) is 6.20 Å². The van der Waals surface area contributed by atoms with Crippen LogP contribution >= 0.6 is 0 Å². The summed E-state index contributed by atoms with van der Waals surface area (Å²) < 4.78 is 5.68. The van der Waals surface area contributed by atoms with Crippen molar-refractivity contribution in [1.82, 2.24) is 10.3 Å². The Morgan fingerprint density at radius 2 is 1.93 bits per heavy atom. The van der Waals surface area contributed by atoms with Crippen molar-refractivity contribution in [1.29, 1.82) is 0 Å². The lowest BCUT2D eigenvalue weighted by Crippen LogP contribution is -2.21. The third-order valence-electron chi connectivity index (χ3n) is 2.68. The molecule has 15 heavy (non-hydrogen) atoms. The van der Waals surface area contributed by atoms with E-state index in [2.05, 4.69) is 44.9 Å². The number of nitrogens with zero attached hydrogens (tertiary/aromatic N) is 1. The zero-order chi connectivity index (χ0) is 11.4. The van der Waals surface area contributed by atoms with Gasteiger partial charge in [-0.2, -0.15) is 0 Å². The third-order valence-corrected chi connectivity index (χ3v) is 2.68. The van der Waals surface area contributed by atoms with E-state index in [9.17, 15) is 0 Å². The summed E-state index contributed by atoms with van der Waals surface area (Å²) in [5.41, 5.74) is 0. The molecule has 0 spiro atoms. The van der Waals surface area contributed by atoms with Gasteiger partial charge in [-0.1, -0.05) is 34.6 Å². The predicted octanol–water partition coefficient (Wildman–Crippen LogP) is 2.93. The van der Waals surface area contributed by atoms with Crippen LogP contribution in [0.15, 0.2) is 10.6 Å². The van der Waals surface area contributed by atoms with Crippen LogP contribution in [-0.2, 0) is 6.54 Å². The molecule has 1 unspecified atom stereocenters. The van der Waals surface area contributed by atoms with Crippen LogP contribution < -0.4 is 5.32 Å². The highest BCUT2D eigenvalue weighted by Crippen LogP contribution is 2.23. The highest BCUT2D eigenvalue weighted by Gasteiger charge is 2.14. The third kappa shape index (κ3) is 3.67. The minimum atomic E-state index is 0.435. The van der Waals surface area contributed by atoms with Crippen LogP contribution in [-0.4, -0.2) is 11.0 Å². The molecule has 0 fully saturated rings. The molecule has 0 aliphatic heterocycles. The minimum Gasteiger partial charge on any atom is -0.444 e. The summed E-state index contributed by atoms with van der Waals surface area (Å²) in [4.78, 5) is 4.26.